The highest BCUT2D eigenvalue weighted by molar-refractivity contribution is 6.35. The molecule has 7 nitrogen and oxygen atoms in total. The van der Waals surface area contributed by atoms with E-state index in [9.17, 15) is 9.90 Å². The number of aromatic carboxylic acids is 1. The lowest BCUT2D eigenvalue weighted by Crippen LogP contribution is -2.32. The number of halogens is 2. The summed E-state index contributed by atoms with van der Waals surface area (Å²) in [5.74, 6) is 1.04. The summed E-state index contributed by atoms with van der Waals surface area (Å²) in [5.41, 5.74) is 4.33. The van der Waals surface area contributed by atoms with Gasteiger partial charge >= 0.3 is 5.97 Å². The van der Waals surface area contributed by atoms with Gasteiger partial charge in [0.05, 0.1) is 40.8 Å². The number of carboxylic acid groups (broad SMARTS) is 1. The number of rotatable bonds is 9. The van der Waals surface area contributed by atoms with Gasteiger partial charge in [0.2, 0.25) is 0 Å². The summed E-state index contributed by atoms with van der Waals surface area (Å²) in [7, 11) is 0. The van der Waals surface area contributed by atoms with E-state index in [0.29, 0.717) is 41.4 Å². The van der Waals surface area contributed by atoms with Crippen LogP contribution in [-0.2, 0) is 24.4 Å². The van der Waals surface area contributed by atoms with Gasteiger partial charge in [-0.25, -0.2) is 9.78 Å². The summed E-state index contributed by atoms with van der Waals surface area (Å²) < 4.78 is 13.8. The van der Waals surface area contributed by atoms with E-state index in [1.165, 1.54) is 5.56 Å². The molecule has 9 heteroatoms. The molecular weight excluding hydrogens is 537 g/mol. The van der Waals surface area contributed by atoms with Crippen LogP contribution in [0, 0.1) is 0 Å². The molecule has 2 aliphatic rings. The second kappa shape index (κ2) is 11.2. The van der Waals surface area contributed by atoms with Crippen molar-refractivity contribution in [1.82, 2.24) is 14.5 Å². The molecule has 0 bridgehead atoms. The van der Waals surface area contributed by atoms with E-state index in [2.05, 4.69) is 33.7 Å². The molecule has 2 fully saturated rings. The zero-order valence-electron chi connectivity index (χ0n) is 21.4. The second-order valence-electron chi connectivity index (χ2n) is 10.3. The molecule has 39 heavy (non-hydrogen) atoms. The number of aromatic nitrogens is 2. The Morgan fingerprint density at radius 1 is 1.10 bits per heavy atom. The number of hydrogen-bond acceptors (Lipinski definition) is 5. The molecule has 1 aromatic heterocycles. The van der Waals surface area contributed by atoms with Crippen molar-refractivity contribution in [3.05, 3.63) is 93.2 Å². The molecule has 0 amide bonds. The first-order chi connectivity index (χ1) is 18.9. The third-order valence-corrected chi connectivity index (χ3v) is 8.13. The average Bonchev–Trinajstić information content (AvgIpc) is 3.50. The minimum absolute atomic E-state index is 0.147. The molecule has 6 rings (SSSR count). The van der Waals surface area contributed by atoms with E-state index >= 15 is 0 Å². The molecule has 2 aliphatic heterocycles. The Balaban J connectivity index is 1.15. The summed E-state index contributed by atoms with van der Waals surface area (Å²) in [6, 6.07) is 18.9. The Kier molecular flexibility index (Phi) is 7.49. The van der Waals surface area contributed by atoms with E-state index in [0.717, 1.165) is 55.0 Å². The lowest BCUT2D eigenvalue weighted by atomic mass is 9.97. The predicted molar refractivity (Wildman–Crippen MR) is 151 cm³/mol. The molecule has 4 aromatic rings. The SMILES string of the molecule is O=C(O)c1ccc2nc(CN3CC[C@@H](c4cccc(COc5ccc(Cl)cc5Cl)c4)C3)n(C[C@@H]3CCO3)c2c1. The first-order valence-corrected chi connectivity index (χ1v) is 13.9. The van der Waals surface area contributed by atoms with Gasteiger partial charge in [0.15, 0.2) is 0 Å². The standard InChI is InChI=1S/C30H29Cl2N3O4/c31-23-5-7-28(25(32)14-23)39-18-19-2-1-3-20(12-19)22-8-10-34(15-22)17-29-33-26-6-4-21(30(36)37)13-27(26)35(29)16-24-9-11-38-24/h1-7,12-14,22,24H,8-11,15-18H2,(H,36,37)/t22-,24+/m1/s1. The van der Waals surface area contributed by atoms with Crippen LogP contribution >= 0.6 is 23.2 Å². The van der Waals surface area contributed by atoms with E-state index < -0.39 is 5.97 Å². The van der Waals surface area contributed by atoms with Crippen molar-refractivity contribution < 1.29 is 19.4 Å². The van der Waals surface area contributed by atoms with Gasteiger partial charge in [-0.2, -0.15) is 0 Å². The molecule has 3 heterocycles. The van der Waals surface area contributed by atoms with Crippen molar-refractivity contribution in [1.29, 1.82) is 0 Å². The monoisotopic (exact) mass is 565 g/mol. The maximum atomic E-state index is 11.6. The highest BCUT2D eigenvalue weighted by Crippen LogP contribution is 2.31. The van der Waals surface area contributed by atoms with E-state index in [-0.39, 0.29) is 11.7 Å². The van der Waals surface area contributed by atoms with Gasteiger partial charge in [-0.05, 0) is 72.8 Å². The van der Waals surface area contributed by atoms with Crippen LogP contribution in [0.2, 0.25) is 10.0 Å². The van der Waals surface area contributed by atoms with Gasteiger partial charge in [0.25, 0.3) is 0 Å². The third kappa shape index (κ3) is 5.77. The number of carbonyl (C=O) groups is 1. The van der Waals surface area contributed by atoms with Crippen LogP contribution in [0.5, 0.6) is 5.75 Å². The first-order valence-electron chi connectivity index (χ1n) is 13.2. The molecule has 0 saturated carbocycles. The second-order valence-corrected chi connectivity index (χ2v) is 11.1. The fourth-order valence-electron chi connectivity index (χ4n) is 5.40. The number of carboxylic acids is 1. The van der Waals surface area contributed by atoms with Gasteiger partial charge in [-0.15, -0.1) is 0 Å². The van der Waals surface area contributed by atoms with Crippen LogP contribution in [0.3, 0.4) is 0 Å². The molecule has 3 aromatic carbocycles. The largest absolute Gasteiger partial charge is 0.487 e. The number of hydrogen-bond donors (Lipinski definition) is 1. The van der Waals surface area contributed by atoms with Crippen LogP contribution in [-0.4, -0.2) is 51.3 Å². The van der Waals surface area contributed by atoms with Crippen LogP contribution in [0.1, 0.15) is 46.1 Å². The van der Waals surface area contributed by atoms with Crippen molar-refractivity contribution >= 4 is 40.2 Å². The molecule has 2 saturated heterocycles. The van der Waals surface area contributed by atoms with Crippen LogP contribution < -0.4 is 4.74 Å². The van der Waals surface area contributed by atoms with Gasteiger partial charge in [-0.3, -0.25) is 4.90 Å². The molecule has 2 atom stereocenters. The maximum Gasteiger partial charge on any atom is 0.335 e. The summed E-state index contributed by atoms with van der Waals surface area (Å²) in [6.07, 6.45) is 2.21. The summed E-state index contributed by atoms with van der Waals surface area (Å²) in [6.45, 7) is 4.49. The Morgan fingerprint density at radius 2 is 1.97 bits per heavy atom. The fraction of sp³-hybridized carbons (Fsp3) is 0.333. The number of likely N-dealkylation sites (tertiary alicyclic amines) is 1. The molecule has 0 aliphatic carbocycles. The number of imidazole rings is 1. The molecule has 0 spiro atoms. The Labute approximate surface area is 236 Å². The lowest BCUT2D eigenvalue weighted by molar-refractivity contribution is -0.0591. The quantitative estimate of drug-likeness (QED) is 0.253. The number of nitrogens with zero attached hydrogens (tertiary/aromatic N) is 3. The van der Waals surface area contributed by atoms with E-state index in [4.69, 9.17) is 37.7 Å². The molecular formula is C30H29Cl2N3O4. The maximum absolute atomic E-state index is 11.6. The van der Waals surface area contributed by atoms with Crippen molar-refractivity contribution in [2.75, 3.05) is 19.7 Å². The number of fused-ring (bicyclic) bond motifs is 1. The fourth-order valence-corrected chi connectivity index (χ4v) is 5.86. The molecule has 0 radical (unpaired) electrons. The Bertz CT molecular complexity index is 1520. The molecule has 0 unspecified atom stereocenters. The highest BCUT2D eigenvalue weighted by Gasteiger charge is 2.27. The number of ether oxygens (including phenoxy) is 2. The Morgan fingerprint density at radius 3 is 2.74 bits per heavy atom. The van der Waals surface area contributed by atoms with Gasteiger partial charge in [-0.1, -0.05) is 47.5 Å². The van der Waals surface area contributed by atoms with E-state index in [1.807, 2.05) is 0 Å². The highest BCUT2D eigenvalue weighted by atomic mass is 35.5. The summed E-state index contributed by atoms with van der Waals surface area (Å²) >= 11 is 12.2. The third-order valence-electron chi connectivity index (χ3n) is 7.60. The van der Waals surface area contributed by atoms with Crippen molar-refractivity contribution in [2.24, 2.45) is 0 Å². The zero-order chi connectivity index (χ0) is 26.9. The van der Waals surface area contributed by atoms with Gasteiger partial charge in [0, 0.05) is 18.2 Å². The summed E-state index contributed by atoms with van der Waals surface area (Å²) in [4.78, 5) is 18.9. The van der Waals surface area contributed by atoms with Crippen LogP contribution in [0.15, 0.2) is 60.7 Å². The minimum Gasteiger partial charge on any atom is -0.487 e. The number of benzene rings is 3. The molecule has 202 valence electrons. The average molecular weight is 566 g/mol. The zero-order valence-corrected chi connectivity index (χ0v) is 22.9. The van der Waals surface area contributed by atoms with Gasteiger partial charge in [0.1, 0.15) is 18.2 Å². The van der Waals surface area contributed by atoms with Crippen molar-refractivity contribution in [3.63, 3.8) is 0 Å². The Hall–Kier alpha value is -3.10. The van der Waals surface area contributed by atoms with Crippen LogP contribution in [0.25, 0.3) is 11.0 Å². The topological polar surface area (TPSA) is 76.8 Å². The predicted octanol–water partition coefficient (Wildman–Crippen LogP) is 6.40. The normalized spacial score (nSPS) is 19.3. The molecule has 1 N–H and O–H groups in total. The summed E-state index contributed by atoms with van der Waals surface area (Å²) in [5, 5.41) is 10.6. The smallest absolute Gasteiger partial charge is 0.335 e. The lowest BCUT2D eigenvalue weighted by Gasteiger charge is -2.28. The van der Waals surface area contributed by atoms with Crippen LogP contribution in [0.4, 0.5) is 0 Å². The van der Waals surface area contributed by atoms with E-state index in [1.54, 1.807) is 36.4 Å². The minimum atomic E-state index is -0.933. The van der Waals surface area contributed by atoms with Crippen molar-refractivity contribution in [3.8, 4) is 5.75 Å². The first kappa shape index (κ1) is 26.1. The van der Waals surface area contributed by atoms with Gasteiger partial charge < -0.3 is 19.1 Å². The van der Waals surface area contributed by atoms with Crippen molar-refractivity contribution in [2.45, 2.75) is 44.6 Å².